The van der Waals surface area contributed by atoms with Crippen LogP contribution in [-0.2, 0) is 10.0 Å². The molecule has 0 radical (unpaired) electrons. The van der Waals surface area contributed by atoms with E-state index in [0.717, 1.165) is 18.4 Å². The quantitative estimate of drug-likeness (QED) is 0.785. The van der Waals surface area contributed by atoms with Gasteiger partial charge in [0.1, 0.15) is 0 Å². The third-order valence-corrected chi connectivity index (χ3v) is 5.13. The van der Waals surface area contributed by atoms with Crippen molar-refractivity contribution in [3.63, 3.8) is 0 Å². The molecule has 1 aliphatic rings. The van der Waals surface area contributed by atoms with E-state index in [1.165, 1.54) is 0 Å². The van der Waals surface area contributed by atoms with E-state index >= 15 is 0 Å². The second-order valence-corrected chi connectivity index (χ2v) is 6.56. The van der Waals surface area contributed by atoms with Crippen LogP contribution in [0.1, 0.15) is 25.3 Å². The Balaban J connectivity index is 2.28. The molecule has 3 nitrogen and oxygen atoms in total. The molecule has 2 rings (SSSR count). The summed E-state index contributed by atoms with van der Waals surface area (Å²) in [4.78, 5) is 0.387. The van der Waals surface area contributed by atoms with Gasteiger partial charge in [-0.15, -0.1) is 0 Å². The van der Waals surface area contributed by atoms with Gasteiger partial charge in [0, 0.05) is 12.6 Å². The van der Waals surface area contributed by atoms with Crippen LogP contribution in [0.4, 0.5) is 0 Å². The lowest BCUT2D eigenvalue weighted by atomic mass is 10.2. The molecule has 0 spiro atoms. The second-order valence-electron chi connectivity index (χ2n) is 4.67. The van der Waals surface area contributed by atoms with Crippen LogP contribution < -0.4 is 0 Å². The predicted molar refractivity (Wildman–Crippen MR) is 72.9 cm³/mol. The Morgan fingerprint density at radius 2 is 1.94 bits per heavy atom. The molecule has 0 N–H and O–H groups in total. The van der Waals surface area contributed by atoms with Gasteiger partial charge in [-0.05, 0) is 25.5 Å². The molecule has 1 aromatic rings. The van der Waals surface area contributed by atoms with Gasteiger partial charge in [0.05, 0.1) is 4.90 Å². The van der Waals surface area contributed by atoms with Crippen LogP contribution in [0.2, 0.25) is 0 Å². The molecular formula is C14H19NO2S. The van der Waals surface area contributed by atoms with E-state index in [0.29, 0.717) is 11.4 Å². The molecular weight excluding hydrogens is 246 g/mol. The number of aryl methyl sites for hydroxylation is 1. The minimum absolute atomic E-state index is 0.0151. The number of nitrogens with zero attached hydrogens (tertiary/aromatic N) is 1. The molecule has 18 heavy (non-hydrogen) atoms. The number of rotatable bonds is 4. The fourth-order valence-electron chi connectivity index (χ4n) is 2.21. The van der Waals surface area contributed by atoms with Crippen molar-refractivity contribution in [2.24, 2.45) is 0 Å². The summed E-state index contributed by atoms with van der Waals surface area (Å²) in [7, 11) is -3.36. The van der Waals surface area contributed by atoms with Gasteiger partial charge in [-0.1, -0.05) is 43.2 Å². The van der Waals surface area contributed by atoms with Crippen LogP contribution in [0, 0.1) is 6.92 Å². The zero-order valence-corrected chi connectivity index (χ0v) is 11.7. The molecule has 1 unspecified atom stereocenters. The van der Waals surface area contributed by atoms with E-state index in [9.17, 15) is 8.42 Å². The summed E-state index contributed by atoms with van der Waals surface area (Å²) in [6.07, 6.45) is 5.79. The summed E-state index contributed by atoms with van der Waals surface area (Å²) in [6.45, 7) is 4.51. The van der Waals surface area contributed by atoms with Crippen molar-refractivity contribution >= 4 is 10.0 Å². The predicted octanol–water partition coefficient (Wildman–Crippen LogP) is 2.72. The highest BCUT2D eigenvalue weighted by Gasteiger charge is 2.31. The third kappa shape index (κ3) is 2.49. The van der Waals surface area contributed by atoms with Gasteiger partial charge in [-0.2, -0.15) is 4.31 Å². The molecule has 98 valence electrons. The van der Waals surface area contributed by atoms with Crippen LogP contribution in [0.25, 0.3) is 0 Å². The van der Waals surface area contributed by atoms with Gasteiger partial charge in [0.25, 0.3) is 0 Å². The Bertz CT molecular complexity index is 531. The smallest absolute Gasteiger partial charge is 0.207 e. The maximum Gasteiger partial charge on any atom is 0.243 e. The lowest BCUT2D eigenvalue weighted by Gasteiger charge is -2.23. The topological polar surface area (TPSA) is 37.4 Å². The third-order valence-electron chi connectivity index (χ3n) is 3.23. The van der Waals surface area contributed by atoms with Gasteiger partial charge in [0.2, 0.25) is 10.0 Å². The molecule has 1 aliphatic heterocycles. The minimum atomic E-state index is -3.36. The van der Waals surface area contributed by atoms with Gasteiger partial charge in [-0.3, -0.25) is 0 Å². The Morgan fingerprint density at radius 3 is 2.56 bits per heavy atom. The zero-order chi connectivity index (χ0) is 13.2. The van der Waals surface area contributed by atoms with Crippen LogP contribution in [0.15, 0.2) is 41.3 Å². The van der Waals surface area contributed by atoms with Crippen LogP contribution >= 0.6 is 0 Å². The summed E-state index contributed by atoms with van der Waals surface area (Å²) < 4.78 is 26.6. The SMILES string of the molecule is CCCC1C=CCN1S(=O)(=O)c1ccc(C)cc1. The van der Waals surface area contributed by atoms with Crippen molar-refractivity contribution in [2.45, 2.75) is 37.6 Å². The second kappa shape index (κ2) is 5.24. The molecule has 0 fully saturated rings. The maximum absolute atomic E-state index is 12.5. The summed E-state index contributed by atoms with van der Waals surface area (Å²) in [5.41, 5.74) is 1.07. The van der Waals surface area contributed by atoms with Crippen molar-refractivity contribution in [1.29, 1.82) is 0 Å². The molecule has 0 saturated heterocycles. The Kier molecular flexibility index (Phi) is 3.88. The molecule has 1 heterocycles. The Morgan fingerprint density at radius 1 is 1.28 bits per heavy atom. The molecule has 0 bridgehead atoms. The van der Waals surface area contributed by atoms with Gasteiger partial charge in [0.15, 0.2) is 0 Å². The van der Waals surface area contributed by atoms with E-state index < -0.39 is 10.0 Å². The average molecular weight is 265 g/mol. The fourth-order valence-corrected chi connectivity index (χ4v) is 3.78. The number of sulfonamides is 1. The van der Waals surface area contributed by atoms with E-state index in [-0.39, 0.29) is 6.04 Å². The first-order valence-electron chi connectivity index (χ1n) is 6.31. The number of benzene rings is 1. The summed E-state index contributed by atoms with van der Waals surface area (Å²) in [5.74, 6) is 0. The zero-order valence-electron chi connectivity index (χ0n) is 10.8. The first kappa shape index (κ1) is 13.3. The van der Waals surface area contributed by atoms with Crippen LogP contribution in [0.5, 0.6) is 0 Å². The Labute approximate surface area is 109 Å². The molecule has 1 atom stereocenters. The van der Waals surface area contributed by atoms with Crippen molar-refractivity contribution < 1.29 is 8.42 Å². The fraction of sp³-hybridized carbons (Fsp3) is 0.429. The van der Waals surface area contributed by atoms with Crippen molar-refractivity contribution in [3.8, 4) is 0 Å². The number of hydrogen-bond acceptors (Lipinski definition) is 2. The maximum atomic E-state index is 12.5. The van der Waals surface area contributed by atoms with E-state index in [2.05, 4.69) is 6.92 Å². The highest BCUT2D eigenvalue weighted by Crippen LogP contribution is 2.24. The summed E-state index contributed by atoms with van der Waals surface area (Å²) in [6, 6.07) is 7.07. The standard InChI is InChI=1S/C14H19NO2S/c1-3-5-13-6-4-11-15(13)18(16,17)14-9-7-12(2)8-10-14/h4,6-10,13H,3,5,11H2,1-2H3. The molecule has 0 aliphatic carbocycles. The van der Waals surface area contributed by atoms with Crippen molar-refractivity contribution in [2.75, 3.05) is 6.54 Å². The lowest BCUT2D eigenvalue weighted by molar-refractivity contribution is 0.392. The van der Waals surface area contributed by atoms with Crippen molar-refractivity contribution in [3.05, 3.63) is 42.0 Å². The largest absolute Gasteiger partial charge is 0.243 e. The summed E-state index contributed by atoms with van der Waals surface area (Å²) in [5, 5.41) is 0. The van der Waals surface area contributed by atoms with E-state index in [4.69, 9.17) is 0 Å². The van der Waals surface area contributed by atoms with Crippen LogP contribution in [0.3, 0.4) is 0 Å². The highest BCUT2D eigenvalue weighted by molar-refractivity contribution is 7.89. The van der Waals surface area contributed by atoms with Gasteiger partial charge in [-0.25, -0.2) is 8.42 Å². The summed E-state index contributed by atoms with van der Waals surface area (Å²) >= 11 is 0. The lowest BCUT2D eigenvalue weighted by Crippen LogP contribution is -2.35. The molecule has 0 amide bonds. The number of hydrogen-bond donors (Lipinski definition) is 0. The molecule has 1 aromatic carbocycles. The molecule has 4 heteroatoms. The van der Waals surface area contributed by atoms with Gasteiger partial charge < -0.3 is 0 Å². The van der Waals surface area contributed by atoms with Crippen molar-refractivity contribution in [1.82, 2.24) is 4.31 Å². The average Bonchev–Trinajstić information content (AvgIpc) is 2.79. The van der Waals surface area contributed by atoms with Crippen LogP contribution in [-0.4, -0.2) is 25.3 Å². The van der Waals surface area contributed by atoms with E-state index in [1.807, 2.05) is 31.2 Å². The highest BCUT2D eigenvalue weighted by atomic mass is 32.2. The van der Waals surface area contributed by atoms with Gasteiger partial charge >= 0.3 is 0 Å². The Hall–Kier alpha value is -1.13. The first-order chi connectivity index (χ1) is 8.55. The monoisotopic (exact) mass is 265 g/mol. The first-order valence-corrected chi connectivity index (χ1v) is 7.75. The molecule has 0 saturated carbocycles. The normalized spacial score (nSPS) is 20.4. The van der Waals surface area contributed by atoms with E-state index in [1.54, 1.807) is 16.4 Å². The molecule has 0 aromatic heterocycles. The minimum Gasteiger partial charge on any atom is -0.207 e.